The molecular weight excluding hydrogens is 238 g/mol. The van der Waals surface area contributed by atoms with Crippen molar-refractivity contribution in [3.8, 4) is 0 Å². The molecule has 0 aliphatic heterocycles. The van der Waals surface area contributed by atoms with E-state index in [9.17, 15) is 4.79 Å². The van der Waals surface area contributed by atoms with Gasteiger partial charge in [0.2, 0.25) is 5.91 Å². The summed E-state index contributed by atoms with van der Waals surface area (Å²) in [5.74, 6) is -0.102. The van der Waals surface area contributed by atoms with Crippen LogP contribution in [0.15, 0.2) is 30.3 Å². The average Bonchev–Trinajstić information content (AvgIpc) is 2.38. The Kier molecular flexibility index (Phi) is 5.83. The fourth-order valence-corrected chi connectivity index (χ4v) is 1.81. The first-order valence-corrected chi connectivity index (χ1v) is 6.82. The molecule has 0 atom stereocenters. The van der Waals surface area contributed by atoms with Gasteiger partial charge in [-0.3, -0.25) is 4.79 Å². The summed E-state index contributed by atoms with van der Waals surface area (Å²) in [6.07, 6.45) is 0.907. The van der Waals surface area contributed by atoms with Crippen LogP contribution >= 0.6 is 0 Å². The third-order valence-electron chi connectivity index (χ3n) is 2.98. The maximum absolute atomic E-state index is 11.6. The topological polar surface area (TPSA) is 58.4 Å². The van der Waals surface area contributed by atoms with E-state index >= 15 is 0 Å². The molecule has 0 heterocycles. The van der Waals surface area contributed by atoms with Crippen molar-refractivity contribution in [2.24, 2.45) is 5.73 Å². The highest BCUT2D eigenvalue weighted by Crippen LogP contribution is 2.12. The second-order valence-electron chi connectivity index (χ2n) is 5.25. The Balaban J connectivity index is 2.34. The Labute approximate surface area is 116 Å². The van der Waals surface area contributed by atoms with Crippen molar-refractivity contribution in [2.75, 3.05) is 24.5 Å². The number of anilines is 1. The highest BCUT2D eigenvalue weighted by atomic mass is 16.2. The molecule has 19 heavy (non-hydrogen) atoms. The largest absolute Gasteiger partial charge is 0.372 e. The summed E-state index contributed by atoms with van der Waals surface area (Å²) in [6, 6.07) is 10.3. The molecule has 1 aromatic rings. The van der Waals surface area contributed by atoms with Gasteiger partial charge in [-0.2, -0.15) is 0 Å². The summed E-state index contributed by atoms with van der Waals surface area (Å²) in [7, 11) is 0. The number of nitrogens with zero attached hydrogens (tertiary/aromatic N) is 1. The van der Waals surface area contributed by atoms with Gasteiger partial charge < -0.3 is 16.0 Å². The predicted octanol–water partition coefficient (Wildman–Crippen LogP) is 1.76. The zero-order valence-electron chi connectivity index (χ0n) is 12.1. The van der Waals surface area contributed by atoms with E-state index < -0.39 is 5.54 Å². The Hall–Kier alpha value is -1.55. The highest BCUT2D eigenvalue weighted by molar-refractivity contribution is 5.84. The molecule has 4 heteroatoms. The van der Waals surface area contributed by atoms with Gasteiger partial charge in [0.05, 0.1) is 5.54 Å². The van der Waals surface area contributed by atoms with Gasteiger partial charge in [0.1, 0.15) is 0 Å². The number of nitrogens with two attached hydrogens (primary N) is 1. The van der Waals surface area contributed by atoms with Crippen LogP contribution in [0.1, 0.15) is 27.2 Å². The smallest absolute Gasteiger partial charge is 0.239 e. The van der Waals surface area contributed by atoms with Crippen LogP contribution in [0.2, 0.25) is 0 Å². The number of hydrogen-bond acceptors (Lipinski definition) is 3. The van der Waals surface area contributed by atoms with Gasteiger partial charge in [0, 0.05) is 25.3 Å². The van der Waals surface area contributed by atoms with Crippen molar-refractivity contribution < 1.29 is 4.79 Å². The zero-order valence-corrected chi connectivity index (χ0v) is 12.1. The van der Waals surface area contributed by atoms with Crippen LogP contribution in [0.3, 0.4) is 0 Å². The molecule has 0 radical (unpaired) electrons. The molecule has 0 unspecified atom stereocenters. The summed E-state index contributed by atoms with van der Waals surface area (Å²) in [5, 5.41) is 2.86. The van der Waals surface area contributed by atoms with Crippen LogP contribution in [-0.2, 0) is 4.79 Å². The Morgan fingerprint density at radius 3 is 2.47 bits per heavy atom. The monoisotopic (exact) mass is 263 g/mol. The molecule has 0 fully saturated rings. The van der Waals surface area contributed by atoms with E-state index in [1.165, 1.54) is 5.69 Å². The second-order valence-corrected chi connectivity index (χ2v) is 5.25. The standard InChI is InChI=1S/C15H25N3O/c1-4-18(13-9-6-5-7-10-13)12-8-11-17-14(19)15(2,3)16/h5-7,9-10H,4,8,11-12,16H2,1-3H3,(H,17,19). The van der Waals surface area contributed by atoms with Crippen molar-refractivity contribution in [1.29, 1.82) is 0 Å². The molecule has 0 saturated carbocycles. The molecule has 1 rings (SSSR count). The van der Waals surface area contributed by atoms with Gasteiger partial charge in [-0.05, 0) is 39.3 Å². The molecule has 1 amide bonds. The number of carbonyl (C=O) groups is 1. The number of nitrogens with one attached hydrogen (secondary N) is 1. The summed E-state index contributed by atoms with van der Waals surface area (Å²) < 4.78 is 0. The quantitative estimate of drug-likeness (QED) is 0.737. The number of amides is 1. The van der Waals surface area contributed by atoms with Crippen LogP contribution in [0.4, 0.5) is 5.69 Å². The van der Waals surface area contributed by atoms with E-state index in [2.05, 4.69) is 29.3 Å². The van der Waals surface area contributed by atoms with Crippen LogP contribution in [0, 0.1) is 0 Å². The van der Waals surface area contributed by atoms with Crippen molar-refractivity contribution in [3.05, 3.63) is 30.3 Å². The SMILES string of the molecule is CCN(CCCNC(=O)C(C)(C)N)c1ccccc1. The van der Waals surface area contributed by atoms with E-state index in [0.29, 0.717) is 6.54 Å². The minimum Gasteiger partial charge on any atom is -0.372 e. The van der Waals surface area contributed by atoms with E-state index in [1.54, 1.807) is 13.8 Å². The first-order chi connectivity index (χ1) is 8.95. The van der Waals surface area contributed by atoms with Gasteiger partial charge in [0.25, 0.3) is 0 Å². The third kappa shape index (κ3) is 5.30. The van der Waals surface area contributed by atoms with E-state index in [-0.39, 0.29) is 5.91 Å². The molecular formula is C15H25N3O. The summed E-state index contributed by atoms with van der Waals surface area (Å²) in [5.41, 5.74) is 6.13. The lowest BCUT2D eigenvalue weighted by atomic mass is 10.1. The molecule has 0 aromatic heterocycles. The maximum Gasteiger partial charge on any atom is 0.239 e. The molecule has 0 saturated heterocycles. The summed E-state index contributed by atoms with van der Waals surface area (Å²) >= 11 is 0. The highest BCUT2D eigenvalue weighted by Gasteiger charge is 2.20. The summed E-state index contributed by atoms with van der Waals surface area (Å²) in [4.78, 5) is 13.9. The van der Waals surface area contributed by atoms with Gasteiger partial charge in [-0.25, -0.2) is 0 Å². The minimum atomic E-state index is -0.802. The van der Waals surface area contributed by atoms with Crippen LogP contribution < -0.4 is 16.0 Å². The first-order valence-electron chi connectivity index (χ1n) is 6.82. The second kappa shape index (κ2) is 7.14. The van der Waals surface area contributed by atoms with Gasteiger partial charge in [-0.1, -0.05) is 18.2 Å². The van der Waals surface area contributed by atoms with Crippen molar-refractivity contribution >= 4 is 11.6 Å². The third-order valence-corrected chi connectivity index (χ3v) is 2.98. The van der Waals surface area contributed by atoms with E-state index in [1.807, 2.05) is 18.2 Å². The van der Waals surface area contributed by atoms with Gasteiger partial charge >= 0.3 is 0 Å². The van der Waals surface area contributed by atoms with Gasteiger partial charge in [0.15, 0.2) is 0 Å². The van der Waals surface area contributed by atoms with Crippen LogP contribution in [0.25, 0.3) is 0 Å². The lowest BCUT2D eigenvalue weighted by Gasteiger charge is -2.23. The lowest BCUT2D eigenvalue weighted by Crippen LogP contribution is -2.49. The fraction of sp³-hybridized carbons (Fsp3) is 0.533. The Bertz CT molecular complexity index is 384. The molecule has 0 bridgehead atoms. The molecule has 0 aliphatic carbocycles. The maximum atomic E-state index is 11.6. The number of carbonyl (C=O) groups excluding carboxylic acids is 1. The number of hydrogen-bond donors (Lipinski definition) is 2. The number of rotatable bonds is 7. The van der Waals surface area contributed by atoms with Crippen molar-refractivity contribution in [3.63, 3.8) is 0 Å². The molecule has 4 nitrogen and oxygen atoms in total. The fourth-order valence-electron chi connectivity index (χ4n) is 1.81. The minimum absolute atomic E-state index is 0.102. The molecule has 106 valence electrons. The average molecular weight is 263 g/mol. The Morgan fingerprint density at radius 1 is 1.32 bits per heavy atom. The van der Waals surface area contributed by atoms with Crippen molar-refractivity contribution in [1.82, 2.24) is 5.32 Å². The van der Waals surface area contributed by atoms with E-state index in [0.717, 1.165) is 19.5 Å². The van der Waals surface area contributed by atoms with E-state index in [4.69, 9.17) is 5.73 Å². The molecule has 0 aliphatic rings. The number of para-hydroxylation sites is 1. The predicted molar refractivity (Wildman–Crippen MR) is 80.2 cm³/mol. The molecule has 0 spiro atoms. The van der Waals surface area contributed by atoms with Gasteiger partial charge in [-0.15, -0.1) is 0 Å². The normalized spacial score (nSPS) is 11.2. The van der Waals surface area contributed by atoms with Crippen LogP contribution in [0.5, 0.6) is 0 Å². The molecule has 1 aromatic carbocycles. The first kappa shape index (κ1) is 15.5. The lowest BCUT2D eigenvalue weighted by molar-refractivity contribution is -0.125. The van der Waals surface area contributed by atoms with Crippen LogP contribution in [-0.4, -0.2) is 31.1 Å². The zero-order chi connectivity index (χ0) is 14.3. The molecule has 3 N–H and O–H groups in total. The Morgan fingerprint density at radius 2 is 1.95 bits per heavy atom. The summed E-state index contributed by atoms with van der Waals surface area (Å²) in [6.45, 7) is 8.10. The number of benzene rings is 1. The van der Waals surface area contributed by atoms with Crippen molar-refractivity contribution in [2.45, 2.75) is 32.7 Å².